The maximum Gasteiger partial charge on any atom is 0.227 e. The minimum absolute atomic E-state index is 0.0733. The van der Waals surface area contributed by atoms with Crippen molar-refractivity contribution in [3.8, 4) is 5.75 Å². The van der Waals surface area contributed by atoms with Crippen LogP contribution in [0, 0.1) is 19.8 Å². The fraction of sp³-hybridized carbons (Fsp3) is 0.577. The van der Waals surface area contributed by atoms with Crippen LogP contribution < -0.4 is 10.1 Å². The quantitative estimate of drug-likeness (QED) is 0.630. The average Bonchev–Trinajstić information content (AvgIpc) is 3.04. The summed E-state index contributed by atoms with van der Waals surface area (Å²) in [4.78, 5) is 27.2. The Hall–Kier alpha value is -2.83. The maximum absolute atomic E-state index is 12.7. The lowest BCUT2D eigenvalue weighted by atomic mass is 10.0. The Morgan fingerprint density at radius 1 is 1.18 bits per heavy atom. The molecule has 1 N–H and O–H groups in total. The van der Waals surface area contributed by atoms with E-state index in [1.165, 1.54) is 5.56 Å². The summed E-state index contributed by atoms with van der Waals surface area (Å²) < 4.78 is 7.42. The highest BCUT2D eigenvalue weighted by molar-refractivity contribution is 5.80. The van der Waals surface area contributed by atoms with Crippen LogP contribution in [0.4, 0.5) is 0 Å². The smallest absolute Gasteiger partial charge is 0.227 e. The fourth-order valence-corrected chi connectivity index (χ4v) is 4.55. The molecule has 0 atom stereocenters. The van der Waals surface area contributed by atoms with E-state index in [1.807, 2.05) is 36.1 Å². The summed E-state index contributed by atoms with van der Waals surface area (Å²) in [5, 5.41) is 7.82. The van der Waals surface area contributed by atoms with Gasteiger partial charge in [0.05, 0.1) is 19.2 Å². The summed E-state index contributed by atoms with van der Waals surface area (Å²) in [7, 11) is 1.62. The van der Waals surface area contributed by atoms with Gasteiger partial charge in [0.2, 0.25) is 11.8 Å². The van der Waals surface area contributed by atoms with Crippen LogP contribution in [0.1, 0.15) is 55.6 Å². The van der Waals surface area contributed by atoms with Gasteiger partial charge in [-0.3, -0.25) is 14.3 Å². The second kappa shape index (κ2) is 11.3. The number of aromatic nitrogens is 2. The molecule has 0 aliphatic carbocycles. The molecule has 1 aromatic carbocycles. The molecule has 0 saturated carbocycles. The first-order valence-corrected chi connectivity index (χ1v) is 12.0. The third-order valence-electron chi connectivity index (χ3n) is 6.42. The van der Waals surface area contributed by atoms with Gasteiger partial charge in [0, 0.05) is 43.4 Å². The molecule has 0 radical (unpaired) electrons. The molecule has 0 spiro atoms. The van der Waals surface area contributed by atoms with Gasteiger partial charge in [-0.1, -0.05) is 32.0 Å². The second-order valence-electron chi connectivity index (χ2n) is 9.44. The number of para-hydroxylation sites is 1. The lowest BCUT2D eigenvalue weighted by molar-refractivity contribution is -0.131. The number of carbonyl (C=O) groups is 2. The molecule has 180 valence electrons. The van der Waals surface area contributed by atoms with E-state index in [4.69, 9.17) is 4.74 Å². The van der Waals surface area contributed by atoms with Crippen LogP contribution in [0.2, 0.25) is 0 Å². The number of hydrogen-bond donors (Lipinski definition) is 1. The molecule has 7 heteroatoms. The van der Waals surface area contributed by atoms with E-state index in [9.17, 15) is 9.59 Å². The first kappa shape index (κ1) is 24.8. The molecule has 2 aromatic rings. The number of amides is 2. The molecule has 1 aromatic heterocycles. The molecular formula is C26H38N4O3. The van der Waals surface area contributed by atoms with Crippen LogP contribution in [0.15, 0.2) is 24.3 Å². The van der Waals surface area contributed by atoms with Gasteiger partial charge >= 0.3 is 0 Å². The Balaban J connectivity index is 1.44. The molecule has 1 aliphatic heterocycles. The number of rotatable bonds is 9. The molecule has 3 rings (SSSR count). The van der Waals surface area contributed by atoms with Crippen molar-refractivity contribution in [1.29, 1.82) is 0 Å². The molecule has 1 aliphatic rings. The van der Waals surface area contributed by atoms with Crippen molar-refractivity contribution in [2.24, 2.45) is 5.92 Å². The number of carbonyl (C=O) groups excluding carboxylic acids is 2. The first-order chi connectivity index (χ1) is 15.8. The molecular weight excluding hydrogens is 416 g/mol. The van der Waals surface area contributed by atoms with Crippen molar-refractivity contribution in [3.63, 3.8) is 0 Å². The van der Waals surface area contributed by atoms with Crippen molar-refractivity contribution in [3.05, 3.63) is 46.8 Å². The van der Waals surface area contributed by atoms with E-state index in [0.29, 0.717) is 38.3 Å². The third-order valence-corrected chi connectivity index (χ3v) is 6.42. The molecule has 2 heterocycles. The number of hydrogen-bond acceptors (Lipinski definition) is 4. The van der Waals surface area contributed by atoms with Gasteiger partial charge in [-0.15, -0.1) is 0 Å². The predicted molar refractivity (Wildman–Crippen MR) is 129 cm³/mol. The Labute approximate surface area is 197 Å². The topological polar surface area (TPSA) is 76.5 Å². The molecule has 1 fully saturated rings. The molecule has 2 amide bonds. The van der Waals surface area contributed by atoms with E-state index in [0.717, 1.165) is 42.1 Å². The highest BCUT2D eigenvalue weighted by Crippen LogP contribution is 2.20. The van der Waals surface area contributed by atoms with Crippen LogP contribution >= 0.6 is 0 Å². The number of benzene rings is 1. The van der Waals surface area contributed by atoms with Gasteiger partial charge in [0.15, 0.2) is 0 Å². The molecule has 1 saturated heterocycles. The zero-order valence-corrected chi connectivity index (χ0v) is 20.7. The number of nitrogens with zero attached hydrogens (tertiary/aromatic N) is 3. The van der Waals surface area contributed by atoms with E-state index in [2.05, 4.69) is 35.9 Å². The SMILES string of the molecule is COc1ccccc1CC(=O)N1CCC(NC(=O)CCc2c(C)nn(CC(C)C)c2C)CC1. The minimum Gasteiger partial charge on any atom is -0.496 e. The monoisotopic (exact) mass is 454 g/mol. The first-order valence-electron chi connectivity index (χ1n) is 12.0. The summed E-state index contributed by atoms with van der Waals surface area (Å²) in [6, 6.07) is 7.76. The van der Waals surface area contributed by atoms with Crippen LogP contribution in [-0.4, -0.2) is 52.7 Å². The summed E-state index contributed by atoms with van der Waals surface area (Å²) in [5.74, 6) is 1.46. The lowest BCUT2D eigenvalue weighted by Crippen LogP contribution is -2.47. The minimum atomic E-state index is 0.0733. The standard InChI is InChI=1S/C26H38N4O3/c1-18(2)17-30-20(4)23(19(3)28-30)10-11-25(31)27-22-12-14-29(15-13-22)26(32)16-21-8-6-7-9-24(21)33-5/h6-9,18,22H,10-17H2,1-5H3,(H,27,31). The highest BCUT2D eigenvalue weighted by Gasteiger charge is 2.24. The van der Waals surface area contributed by atoms with E-state index >= 15 is 0 Å². The molecule has 7 nitrogen and oxygen atoms in total. The Kier molecular flexibility index (Phi) is 8.53. The number of likely N-dealkylation sites (tertiary alicyclic amines) is 1. The average molecular weight is 455 g/mol. The van der Waals surface area contributed by atoms with Gasteiger partial charge < -0.3 is 15.0 Å². The molecule has 33 heavy (non-hydrogen) atoms. The summed E-state index contributed by atoms with van der Waals surface area (Å²) in [6.45, 7) is 10.7. The van der Waals surface area contributed by atoms with Gasteiger partial charge in [-0.2, -0.15) is 5.10 Å². The van der Waals surface area contributed by atoms with Gasteiger partial charge in [-0.25, -0.2) is 0 Å². The molecule has 0 bridgehead atoms. The number of nitrogens with one attached hydrogen (secondary N) is 1. The predicted octanol–water partition coefficient (Wildman–Crippen LogP) is 3.45. The Morgan fingerprint density at radius 2 is 1.88 bits per heavy atom. The third kappa shape index (κ3) is 6.59. The van der Waals surface area contributed by atoms with Crippen molar-refractivity contribution in [1.82, 2.24) is 20.0 Å². The van der Waals surface area contributed by atoms with E-state index in [-0.39, 0.29) is 17.9 Å². The fourth-order valence-electron chi connectivity index (χ4n) is 4.55. The van der Waals surface area contributed by atoms with Gasteiger partial charge in [0.25, 0.3) is 0 Å². The zero-order valence-electron chi connectivity index (χ0n) is 20.7. The van der Waals surface area contributed by atoms with Gasteiger partial charge in [0.1, 0.15) is 5.75 Å². The Bertz CT molecular complexity index is 958. The van der Waals surface area contributed by atoms with Crippen molar-refractivity contribution < 1.29 is 14.3 Å². The Morgan fingerprint density at radius 3 is 2.55 bits per heavy atom. The second-order valence-corrected chi connectivity index (χ2v) is 9.44. The number of methoxy groups -OCH3 is 1. The lowest BCUT2D eigenvalue weighted by Gasteiger charge is -2.32. The highest BCUT2D eigenvalue weighted by atomic mass is 16.5. The largest absolute Gasteiger partial charge is 0.496 e. The van der Waals surface area contributed by atoms with E-state index < -0.39 is 0 Å². The number of aryl methyl sites for hydroxylation is 1. The van der Waals surface area contributed by atoms with Crippen LogP contribution in [0.5, 0.6) is 5.75 Å². The number of ether oxygens (including phenoxy) is 1. The summed E-state index contributed by atoms with van der Waals surface area (Å²) >= 11 is 0. The normalized spacial score (nSPS) is 14.5. The molecule has 0 unspecified atom stereocenters. The zero-order chi connectivity index (χ0) is 24.0. The summed E-state index contributed by atoms with van der Waals surface area (Å²) in [6.07, 6.45) is 3.08. The summed E-state index contributed by atoms with van der Waals surface area (Å²) in [5.41, 5.74) is 4.27. The van der Waals surface area contributed by atoms with Crippen LogP contribution in [0.25, 0.3) is 0 Å². The van der Waals surface area contributed by atoms with Crippen molar-refractivity contribution in [2.75, 3.05) is 20.2 Å². The van der Waals surface area contributed by atoms with E-state index in [1.54, 1.807) is 7.11 Å². The van der Waals surface area contributed by atoms with Crippen molar-refractivity contribution in [2.45, 2.75) is 72.4 Å². The maximum atomic E-state index is 12.7. The van der Waals surface area contributed by atoms with Crippen LogP contribution in [-0.2, 0) is 29.0 Å². The van der Waals surface area contributed by atoms with Gasteiger partial charge in [-0.05, 0) is 50.7 Å². The van der Waals surface area contributed by atoms with Crippen molar-refractivity contribution >= 4 is 11.8 Å². The number of piperidine rings is 1. The van der Waals surface area contributed by atoms with Crippen LogP contribution in [0.3, 0.4) is 0 Å².